The molecule has 0 heterocycles. The fourth-order valence-corrected chi connectivity index (χ4v) is 1.18. The fourth-order valence-electron chi connectivity index (χ4n) is 0.522. The van der Waals surface area contributed by atoms with E-state index >= 15 is 0 Å². The van der Waals surface area contributed by atoms with Crippen molar-refractivity contribution in [3.05, 3.63) is 0 Å². The van der Waals surface area contributed by atoms with Crippen LogP contribution in [0.25, 0.3) is 0 Å². The first-order chi connectivity index (χ1) is 5.06. The summed E-state index contributed by atoms with van der Waals surface area (Å²) in [5.74, 6) is 3.07. The Hall–Kier alpha value is -0.753. The van der Waals surface area contributed by atoms with Gasteiger partial charge in [-0.1, -0.05) is 19.6 Å². The number of unbranched alkanes of at least 4 members (excludes halogenated alkanes) is 1. The van der Waals surface area contributed by atoms with Gasteiger partial charge in [0.1, 0.15) is 8.07 Å². The van der Waals surface area contributed by atoms with Crippen molar-refractivity contribution in [2.24, 2.45) is 5.16 Å². The summed E-state index contributed by atoms with van der Waals surface area (Å²) >= 11 is 0. The molecule has 0 bridgehead atoms. The summed E-state index contributed by atoms with van der Waals surface area (Å²) in [6, 6.07) is 0. The van der Waals surface area contributed by atoms with Gasteiger partial charge in [-0.2, -0.15) is 0 Å². The second-order valence-corrected chi connectivity index (χ2v) is 8.14. The van der Waals surface area contributed by atoms with Crippen LogP contribution in [0.2, 0.25) is 19.6 Å². The van der Waals surface area contributed by atoms with Crippen molar-refractivity contribution in [3.8, 4) is 11.5 Å². The molecule has 0 atom stereocenters. The molecule has 0 spiro atoms. The maximum absolute atomic E-state index is 8.06. The minimum atomic E-state index is -1.19. The van der Waals surface area contributed by atoms with Crippen molar-refractivity contribution in [1.29, 1.82) is 0 Å². The normalized spacial score (nSPS) is 11.2. The van der Waals surface area contributed by atoms with Crippen LogP contribution in [0.3, 0.4) is 0 Å². The Balaban J connectivity index is 3.57. The summed E-state index contributed by atoms with van der Waals surface area (Å²) in [5.41, 5.74) is 3.23. The van der Waals surface area contributed by atoms with Gasteiger partial charge in [0.05, 0.1) is 0 Å². The van der Waals surface area contributed by atoms with E-state index in [1.165, 1.54) is 6.21 Å². The highest BCUT2D eigenvalue weighted by atomic mass is 28.3. The van der Waals surface area contributed by atoms with Gasteiger partial charge in [0.15, 0.2) is 0 Å². The number of oxime groups is 1. The van der Waals surface area contributed by atoms with Crippen molar-refractivity contribution in [2.45, 2.75) is 32.5 Å². The van der Waals surface area contributed by atoms with Gasteiger partial charge in [-0.05, 0) is 6.42 Å². The average molecular weight is 169 g/mol. The van der Waals surface area contributed by atoms with Gasteiger partial charge in [-0.3, -0.25) is 0 Å². The smallest absolute Gasteiger partial charge is 0.129 e. The van der Waals surface area contributed by atoms with Crippen LogP contribution in [-0.4, -0.2) is 19.5 Å². The van der Waals surface area contributed by atoms with Crippen LogP contribution in [0, 0.1) is 11.5 Å². The summed E-state index contributed by atoms with van der Waals surface area (Å²) in [4.78, 5) is 0. The Morgan fingerprint density at radius 1 is 1.45 bits per heavy atom. The standard InChI is InChI=1S/C8H15NOSi/c1-11(2,3)8-6-4-5-7-9-10/h7,10H,4-5H2,1-3H3/b9-7+. The van der Waals surface area contributed by atoms with Crippen LogP contribution in [0.4, 0.5) is 0 Å². The van der Waals surface area contributed by atoms with E-state index in [1.54, 1.807) is 0 Å². The lowest BCUT2D eigenvalue weighted by Gasteiger charge is -2.02. The van der Waals surface area contributed by atoms with Crippen molar-refractivity contribution >= 4 is 14.3 Å². The second-order valence-electron chi connectivity index (χ2n) is 3.39. The molecule has 0 saturated heterocycles. The van der Waals surface area contributed by atoms with Gasteiger partial charge in [-0.25, -0.2) is 0 Å². The van der Waals surface area contributed by atoms with E-state index in [0.717, 1.165) is 12.8 Å². The quantitative estimate of drug-likeness (QED) is 0.168. The van der Waals surface area contributed by atoms with Gasteiger partial charge in [0.25, 0.3) is 0 Å². The van der Waals surface area contributed by atoms with Crippen LogP contribution in [0.15, 0.2) is 5.16 Å². The van der Waals surface area contributed by atoms with Crippen LogP contribution in [0.1, 0.15) is 12.8 Å². The zero-order valence-corrected chi connectivity index (χ0v) is 8.39. The van der Waals surface area contributed by atoms with Crippen LogP contribution in [-0.2, 0) is 0 Å². The lowest BCUT2D eigenvalue weighted by molar-refractivity contribution is 0.320. The number of hydrogen-bond donors (Lipinski definition) is 1. The van der Waals surface area contributed by atoms with Crippen molar-refractivity contribution in [1.82, 2.24) is 0 Å². The van der Waals surface area contributed by atoms with Gasteiger partial charge < -0.3 is 5.21 Å². The third kappa shape index (κ3) is 9.25. The number of hydrogen-bond acceptors (Lipinski definition) is 2. The molecule has 0 unspecified atom stereocenters. The molecule has 62 valence electrons. The first-order valence-corrected chi connectivity index (χ1v) is 7.22. The summed E-state index contributed by atoms with van der Waals surface area (Å²) in [5, 5.41) is 10.9. The summed E-state index contributed by atoms with van der Waals surface area (Å²) in [6.45, 7) is 6.63. The predicted molar refractivity (Wildman–Crippen MR) is 50.6 cm³/mol. The molecule has 0 fully saturated rings. The van der Waals surface area contributed by atoms with Crippen LogP contribution in [0.5, 0.6) is 0 Å². The molecular weight excluding hydrogens is 154 g/mol. The van der Waals surface area contributed by atoms with Crippen LogP contribution >= 0.6 is 0 Å². The van der Waals surface area contributed by atoms with Crippen molar-refractivity contribution < 1.29 is 5.21 Å². The Kier molecular flexibility index (Phi) is 4.63. The minimum absolute atomic E-state index is 0.744. The molecule has 0 amide bonds. The molecule has 0 aromatic heterocycles. The molecule has 0 radical (unpaired) electrons. The molecule has 0 aromatic carbocycles. The van der Waals surface area contributed by atoms with E-state index in [-0.39, 0.29) is 0 Å². The first-order valence-electron chi connectivity index (χ1n) is 3.72. The Morgan fingerprint density at radius 3 is 2.55 bits per heavy atom. The number of rotatable bonds is 2. The van der Waals surface area contributed by atoms with E-state index in [1.807, 2.05) is 0 Å². The van der Waals surface area contributed by atoms with E-state index < -0.39 is 8.07 Å². The van der Waals surface area contributed by atoms with Gasteiger partial charge in [0.2, 0.25) is 0 Å². The third-order valence-electron chi connectivity index (χ3n) is 0.943. The lowest BCUT2D eigenvalue weighted by Crippen LogP contribution is -2.16. The molecule has 0 saturated carbocycles. The van der Waals surface area contributed by atoms with E-state index in [2.05, 4.69) is 36.3 Å². The highest BCUT2D eigenvalue weighted by molar-refractivity contribution is 6.83. The first kappa shape index (κ1) is 10.2. The Bertz CT molecular complexity index is 182. The third-order valence-corrected chi connectivity index (χ3v) is 1.87. The predicted octanol–water partition coefficient (Wildman–Crippen LogP) is 2.11. The topological polar surface area (TPSA) is 32.6 Å². The largest absolute Gasteiger partial charge is 0.411 e. The molecule has 0 rings (SSSR count). The Morgan fingerprint density at radius 2 is 2.09 bits per heavy atom. The van der Waals surface area contributed by atoms with E-state index in [4.69, 9.17) is 5.21 Å². The molecule has 0 aliphatic carbocycles. The maximum atomic E-state index is 8.06. The zero-order valence-electron chi connectivity index (χ0n) is 7.39. The fraction of sp³-hybridized carbons (Fsp3) is 0.625. The maximum Gasteiger partial charge on any atom is 0.129 e. The molecule has 1 N–H and O–H groups in total. The van der Waals surface area contributed by atoms with Crippen LogP contribution < -0.4 is 0 Å². The summed E-state index contributed by atoms with van der Waals surface area (Å²) < 4.78 is 0. The lowest BCUT2D eigenvalue weighted by atomic mass is 10.3. The molecular formula is C8H15NOSi. The van der Waals surface area contributed by atoms with E-state index in [0.29, 0.717) is 0 Å². The molecule has 2 nitrogen and oxygen atoms in total. The Labute approximate surface area is 69.3 Å². The highest BCUT2D eigenvalue weighted by Crippen LogP contribution is 1.96. The van der Waals surface area contributed by atoms with Gasteiger partial charge in [0, 0.05) is 12.6 Å². The van der Waals surface area contributed by atoms with E-state index in [9.17, 15) is 0 Å². The minimum Gasteiger partial charge on any atom is -0.411 e. The van der Waals surface area contributed by atoms with Gasteiger partial charge >= 0.3 is 0 Å². The molecule has 0 aromatic rings. The molecule has 3 heteroatoms. The molecule has 0 aliphatic heterocycles. The SMILES string of the molecule is C[Si](C)(C)C#CCC/C=N/O. The van der Waals surface area contributed by atoms with Crippen molar-refractivity contribution in [2.75, 3.05) is 0 Å². The van der Waals surface area contributed by atoms with Gasteiger partial charge in [-0.15, -0.1) is 16.6 Å². The second kappa shape index (κ2) is 4.97. The summed E-state index contributed by atoms with van der Waals surface area (Å²) in [6.07, 6.45) is 3.02. The summed E-state index contributed by atoms with van der Waals surface area (Å²) in [7, 11) is -1.19. The average Bonchev–Trinajstić information content (AvgIpc) is 1.85. The number of nitrogens with zero attached hydrogens (tertiary/aromatic N) is 1. The highest BCUT2D eigenvalue weighted by Gasteiger charge is 2.06. The monoisotopic (exact) mass is 169 g/mol. The zero-order chi connectivity index (χ0) is 8.74. The van der Waals surface area contributed by atoms with Crippen molar-refractivity contribution in [3.63, 3.8) is 0 Å². The molecule has 11 heavy (non-hydrogen) atoms. The molecule has 0 aliphatic rings.